The molecule has 0 heterocycles. The highest BCUT2D eigenvalue weighted by molar-refractivity contribution is 7.92. The van der Waals surface area contributed by atoms with Gasteiger partial charge in [0.05, 0.1) is 11.0 Å². The summed E-state index contributed by atoms with van der Waals surface area (Å²) >= 11 is 0. The molecule has 0 amide bonds. The highest BCUT2D eigenvalue weighted by atomic mass is 32.2. The van der Waals surface area contributed by atoms with E-state index in [2.05, 4.69) is 5.32 Å². The van der Waals surface area contributed by atoms with Gasteiger partial charge in [-0.15, -0.1) is 0 Å². The lowest BCUT2D eigenvalue weighted by Gasteiger charge is -2.17. The fourth-order valence-corrected chi connectivity index (χ4v) is 4.27. The zero-order chi connectivity index (χ0) is 13.7. The average molecular weight is 281 g/mol. The van der Waals surface area contributed by atoms with Crippen molar-refractivity contribution in [2.75, 3.05) is 17.6 Å². The van der Waals surface area contributed by atoms with Gasteiger partial charge in [-0.25, -0.2) is 8.42 Å². The molecule has 1 unspecified atom stereocenters. The third-order valence-corrected chi connectivity index (χ3v) is 6.25. The van der Waals surface area contributed by atoms with Crippen LogP contribution in [0.5, 0.6) is 0 Å². The lowest BCUT2D eigenvalue weighted by molar-refractivity contribution is 0.550. The molecule has 1 aliphatic carbocycles. The van der Waals surface area contributed by atoms with E-state index in [1.165, 1.54) is 12.8 Å². The lowest BCUT2D eigenvalue weighted by atomic mass is 10.1. The standard InChI is InChI=1S/C15H23NO2S/c1-13(11-16-15-9-3-2-4-10-15)19(17,18)12-14-7-5-6-8-14/h2-4,9-10,13-14,16H,5-8,11-12H2,1H3. The molecule has 19 heavy (non-hydrogen) atoms. The zero-order valence-corrected chi connectivity index (χ0v) is 12.3. The van der Waals surface area contributed by atoms with Gasteiger partial charge in [0, 0.05) is 12.2 Å². The van der Waals surface area contributed by atoms with Crippen molar-refractivity contribution >= 4 is 15.5 Å². The molecule has 1 atom stereocenters. The maximum Gasteiger partial charge on any atom is 0.154 e. The molecule has 1 saturated carbocycles. The van der Waals surface area contributed by atoms with Crippen molar-refractivity contribution in [3.63, 3.8) is 0 Å². The van der Waals surface area contributed by atoms with Crippen LogP contribution in [0, 0.1) is 5.92 Å². The van der Waals surface area contributed by atoms with Crippen molar-refractivity contribution in [1.82, 2.24) is 0 Å². The van der Waals surface area contributed by atoms with Crippen LogP contribution in [0.3, 0.4) is 0 Å². The summed E-state index contributed by atoms with van der Waals surface area (Å²) in [5, 5.41) is 2.87. The summed E-state index contributed by atoms with van der Waals surface area (Å²) in [7, 11) is -2.98. The number of anilines is 1. The van der Waals surface area contributed by atoms with E-state index in [1.54, 1.807) is 6.92 Å². The number of sulfone groups is 1. The van der Waals surface area contributed by atoms with Gasteiger partial charge in [0.2, 0.25) is 0 Å². The van der Waals surface area contributed by atoms with E-state index in [9.17, 15) is 8.42 Å². The monoisotopic (exact) mass is 281 g/mol. The number of hydrogen-bond donors (Lipinski definition) is 1. The molecule has 1 fully saturated rings. The molecule has 0 aromatic heterocycles. The maximum absolute atomic E-state index is 12.3. The van der Waals surface area contributed by atoms with Gasteiger partial charge in [-0.2, -0.15) is 0 Å². The lowest BCUT2D eigenvalue weighted by Crippen LogP contribution is -2.30. The van der Waals surface area contributed by atoms with Crippen molar-refractivity contribution in [3.8, 4) is 0 Å². The number of nitrogens with one attached hydrogen (secondary N) is 1. The summed E-state index contributed by atoms with van der Waals surface area (Å²) in [5.41, 5.74) is 0.977. The topological polar surface area (TPSA) is 46.2 Å². The first-order chi connectivity index (χ1) is 9.08. The third-order valence-electron chi connectivity index (χ3n) is 3.92. The second-order valence-electron chi connectivity index (χ2n) is 5.54. The third kappa shape index (κ3) is 4.23. The van der Waals surface area contributed by atoms with Gasteiger partial charge in [0.25, 0.3) is 0 Å². The molecule has 4 heteroatoms. The molecule has 0 bridgehead atoms. The highest BCUT2D eigenvalue weighted by Crippen LogP contribution is 2.27. The van der Waals surface area contributed by atoms with E-state index in [4.69, 9.17) is 0 Å². The molecule has 1 aromatic rings. The minimum absolute atomic E-state index is 0.326. The normalized spacial score (nSPS) is 18.4. The predicted octanol–water partition coefficient (Wildman–Crippen LogP) is 3.09. The number of benzene rings is 1. The summed E-state index contributed by atoms with van der Waals surface area (Å²) in [4.78, 5) is 0. The van der Waals surface area contributed by atoms with Crippen LogP contribution in [0.15, 0.2) is 30.3 Å². The molecule has 0 spiro atoms. The Labute approximate surface area is 116 Å². The van der Waals surface area contributed by atoms with E-state index in [-0.39, 0.29) is 5.25 Å². The summed E-state index contributed by atoms with van der Waals surface area (Å²) in [6, 6.07) is 9.75. The fourth-order valence-electron chi connectivity index (χ4n) is 2.61. The van der Waals surface area contributed by atoms with Crippen molar-refractivity contribution < 1.29 is 8.42 Å². The van der Waals surface area contributed by atoms with Crippen LogP contribution in [-0.2, 0) is 9.84 Å². The van der Waals surface area contributed by atoms with Crippen molar-refractivity contribution in [3.05, 3.63) is 30.3 Å². The van der Waals surface area contributed by atoms with Crippen LogP contribution in [0.25, 0.3) is 0 Å². The maximum atomic E-state index is 12.3. The average Bonchev–Trinajstić information content (AvgIpc) is 2.89. The molecule has 1 N–H and O–H groups in total. The van der Waals surface area contributed by atoms with E-state index in [0.717, 1.165) is 18.5 Å². The van der Waals surface area contributed by atoms with Gasteiger partial charge in [-0.3, -0.25) is 0 Å². The Morgan fingerprint density at radius 3 is 2.47 bits per heavy atom. The first-order valence-corrected chi connectivity index (χ1v) is 8.80. The van der Waals surface area contributed by atoms with Gasteiger partial charge < -0.3 is 5.32 Å². The molecule has 0 saturated heterocycles. The first-order valence-electron chi connectivity index (χ1n) is 7.08. The van der Waals surface area contributed by atoms with Crippen LogP contribution >= 0.6 is 0 Å². The first kappa shape index (κ1) is 14.4. The van der Waals surface area contributed by atoms with Gasteiger partial charge in [-0.1, -0.05) is 31.0 Å². The Bertz CT molecular complexity index is 478. The van der Waals surface area contributed by atoms with Crippen LogP contribution in [0.1, 0.15) is 32.6 Å². The summed E-state index contributed by atoms with van der Waals surface area (Å²) in [6.07, 6.45) is 4.55. The molecule has 1 aromatic carbocycles. The zero-order valence-electron chi connectivity index (χ0n) is 11.5. The van der Waals surface area contributed by atoms with Crippen molar-refractivity contribution in [2.45, 2.75) is 37.9 Å². The Hall–Kier alpha value is -1.03. The van der Waals surface area contributed by atoms with Crippen molar-refractivity contribution in [1.29, 1.82) is 0 Å². The molecule has 0 aliphatic heterocycles. The summed E-state index contributed by atoms with van der Waals surface area (Å²) in [6.45, 7) is 2.29. The van der Waals surface area contributed by atoms with Gasteiger partial charge in [-0.05, 0) is 37.8 Å². The van der Waals surface area contributed by atoms with Gasteiger partial charge in [0.15, 0.2) is 9.84 Å². The Morgan fingerprint density at radius 2 is 1.84 bits per heavy atom. The molecule has 3 nitrogen and oxygen atoms in total. The summed E-state index contributed by atoms with van der Waals surface area (Å²) in [5.74, 6) is 0.758. The smallest absolute Gasteiger partial charge is 0.154 e. The molecule has 0 radical (unpaired) electrons. The van der Waals surface area contributed by atoms with Crippen LogP contribution in [-0.4, -0.2) is 26.0 Å². The Balaban J connectivity index is 1.85. The molecular formula is C15H23NO2S. The molecular weight excluding hydrogens is 258 g/mol. The van der Waals surface area contributed by atoms with E-state index >= 15 is 0 Å². The summed E-state index contributed by atoms with van der Waals surface area (Å²) < 4.78 is 24.5. The highest BCUT2D eigenvalue weighted by Gasteiger charge is 2.27. The van der Waals surface area contributed by atoms with E-state index in [0.29, 0.717) is 18.2 Å². The second-order valence-corrected chi connectivity index (χ2v) is 8.00. The number of para-hydroxylation sites is 1. The fraction of sp³-hybridized carbons (Fsp3) is 0.600. The largest absolute Gasteiger partial charge is 0.384 e. The second kappa shape index (κ2) is 6.42. The quantitative estimate of drug-likeness (QED) is 0.871. The number of rotatable bonds is 6. The molecule has 2 rings (SSSR count). The van der Waals surface area contributed by atoms with Gasteiger partial charge in [0.1, 0.15) is 0 Å². The predicted molar refractivity (Wildman–Crippen MR) is 80.1 cm³/mol. The van der Waals surface area contributed by atoms with E-state index in [1.807, 2.05) is 30.3 Å². The van der Waals surface area contributed by atoms with Crippen LogP contribution in [0.4, 0.5) is 5.69 Å². The van der Waals surface area contributed by atoms with E-state index < -0.39 is 9.84 Å². The number of hydrogen-bond acceptors (Lipinski definition) is 3. The SMILES string of the molecule is CC(CNc1ccccc1)S(=O)(=O)CC1CCCC1. The molecule has 106 valence electrons. The Morgan fingerprint density at radius 1 is 1.21 bits per heavy atom. The Kier molecular flexibility index (Phi) is 4.86. The minimum atomic E-state index is -2.98. The molecule has 1 aliphatic rings. The minimum Gasteiger partial charge on any atom is -0.384 e. The van der Waals surface area contributed by atoms with Crippen LogP contribution in [0.2, 0.25) is 0 Å². The van der Waals surface area contributed by atoms with Crippen molar-refractivity contribution in [2.24, 2.45) is 5.92 Å². The van der Waals surface area contributed by atoms with Crippen LogP contribution < -0.4 is 5.32 Å². The van der Waals surface area contributed by atoms with Gasteiger partial charge >= 0.3 is 0 Å².